The second-order valence-electron chi connectivity index (χ2n) is 7.48. The fourth-order valence-corrected chi connectivity index (χ4v) is 5.44. The Bertz CT molecular complexity index is 837. The third-order valence-electron chi connectivity index (χ3n) is 4.83. The Morgan fingerprint density at radius 1 is 1.16 bits per heavy atom. The molecular formula is C22H35O8PS. The highest BCUT2D eigenvalue weighted by molar-refractivity contribution is 7.86. The summed E-state index contributed by atoms with van der Waals surface area (Å²) in [5.41, 5.74) is 0.962. The maximum Gasteiger partial charge on any atom is 0.353 e. The molecule has 0 radical (unpaired) electrons. The van der Waals surface area contributed by atoms with Gasteiger partial charge in [0.2, 0.25) is 0 Å². The molecule has 1 saturated heterocycles. The summed E-state index contributed by atoms with van der Waals surface area (Å²) >= 11 is 0. The SMILES string of the molecule is CCOP(=O)(/C=C/[C@H](CCOS(=O)(=O)c1ccc(C)cc1)CO[C@@H]1CCCCO1)OCC. The Labute approximate surface area is 191 Å². The van der Waals surface area contributed by atoms with Gasteiger partial charge in [-0.2, -0.15) is 8.42 Å². The Kier molecular flexibility index (Phi) is 11.6. The minimum absolute atomic E-state index is 0.0479. The lowest BCUT2D eigenvalue weighted by atomic mass is 10.1. The van der Waals surface area contributed by atoms with E-state index in [9.17, 15) is 13.0 Å². The van der Waals surface area contributed by atoms with Gasteiger partial charge in [0, 0.05) is 18.3 Å². The van der Waals surface area contributed by atoms with Gasteiger partial charge >= 0.3 is 7.60 Å². The van der Waals surface area contributed by atoms with Crippen LogP contribution >= 0.6 is 7.60 Å². The molecule has 32 heavy (non-hydrogen) atoms. The van der Waals surface area contributed by atoms with Crippen molar-refractivity contribution in [3.8, 4) is 0 Å². The van der Waals surface area contributed by atoms with E-state index < -0.39 is 17.7 Å². The van der Waals surface area contributed by atoms with Crippen LogP contribution in [0.2, 0.25) is 0 Å². The molecule has 8 nitrogen and oxygen atoms in total. The molecule has 0 aromatic heterocycles. The van der Waals surface area contributed by atoms with Crippen molar-refractivity contribution in [1.29, 1.82) is 0 Å². The van der Waals surface area contributed by atoms with Crippen LogP contribution in [0.1, 0.15) is 45.1 Å². The molecule has 182 valence electrons. The van der Waals surface area contributed by atoms with Crippen molar-refractivity contribution in [2.75, 3.05) is 33.0 Å². The van der Waals surface area contributed by atoms with Crippen molar-refractivity contribution in [3.05, 3.63) is 41.7 Å². The van der Waals surface area contributed by atoms with Crippen molar-refractivity contribution in [2.45, 2.75) is 57.6 Å². The Morgan fingerprint density at radius 2 is 1.84 bits per heavy atom. The molecule has 2 atom stereocenters. The lowest BCUT2D eigenvalue weighted by Crippen LogP contribution is -2.25. The highest BCUT2D eigenvalue weighted by atomic mass is 32.2. The predicted octanol–water partition coefficient (Wildman–Crippen LogP) is 5.03. The van der Waals surface area contributed by atoms with E-state index in [1.165, 1.54) is 17.9 Å². The van der Waals surface area contributed by atoms with E-state index in [0.717, 1.165) is 24.8 Å². The molecule has 1 heterocycles. The number of rotatable bonds is 14. The fourth-order valence-electron chi connectivity index (χ4n) is 3.10. The molecule has 1 aromatic carbocycles. The standard InChI is InChI=1S/C22H35O8PS/c1-4-28-31(23,29-5-2)17-14-20(18-27-22-8-6-7-15-26-22)13-16-30-32(24,25)21-11-9-19(3)10-12-21/h9-12,14,17,20,22H,4-8,13,15-16,18H2,1-3H3/b17-14+/t20-,22+/m0/s1. The first-order chi connectivity index (χ1) is 15.3. The summed E-state index contributed by atoms with van der Waals surface area (Å²) in [5, 5.41) is 0. The Hall–Kier alpha value is -1.06. The first-order valence-electron chi connectivity index (χ1n) is 11.1. The number of hydrogen-bond donors (Lipinski definition) is 0. The average molecular weight is 491 g/mol. The van der Waals surface area contributed by atoms with Gasteiger partial charge < -0.3 is 18.5 Å². The number of hydrogen-bond acceptors (Lipinski definition) is 8. The van der Waals surface area contributed by atoms with Gasteiger partial charge in [-0.25, -0.2) is 0 Å². The summed E-state index contributed by atoms with van der Waals surface area (Å²) in [6.45, 7) is 6.74. The Balaban J connectivity index is 2.01. The van der Waals surface area contributed by atoms with Crippen LogP contribution in [-0.2, 0) is 37.4 Å². The zero-order valence-corrected chi connectivity index (χ0v) is 20.8. The summed E-state index contributed by atoms with van der Waals surface area (Å²) in [4.78, 5) is 0.110. The van der Waals surface area contributed by atoms with E-state index in [2.05, 4.69) is 0 Å². The van der Waals surface area contributed by atoms with Crippen molar-refractivity contribution in [1.82, 2.24) is 0 Å². The first-order valence-corrected chi connectivity index (χ1v) is 14.1. The van der Waals surface area contributed by atoms with E-state index in [1.807, 2.05) is 6.92 Å². The number of aryl methyl sites for hydroxylation is 1. The van der Waals surface area contributed by atoms with Gasteiger partial charge in [-0.3, -0.25) is 8.75 Å². The summed E-state index contributed by atoms with van der Waals surface area (Å²) in [6, 6.07) is 6.48. The predicted molar refractivity (Wildman–Crippen MR) is 122 cm³/mol. The van der Waals surface area contributed by atoms with Gasteiger partial charge in [-0.1, -0.05) is 23.8 Å². The molecule has 1 aliphatic rings. The van der Waals surface area contributed by atoms with Crippen molar-refractivity contribution < 1.29 is 35.7 Å². The van der Waals surface area contributed by atoms with E-state index in [1.54, 1.807) is 32.1 Å². The molecule has 0 spiro atoms. The topological polar surface area (TPSA) is 97.4 Å². The van der Waals surface area contributed by atoms with Crippen LogP contribution < -0.4 is 0 Å². The monoisotopic (exact) mass is 490 g/mol. The second-order valence-corrected chi connectivity index (χ2v) is 11.0. The molecule has 0 aliphatic carbocycles. The summed E-state index contributed by atoms with van der Waals surface area (Å²) in [7, 11) is -7.24. The lowest BCUT2D eigenvalue weighted by Gasteiger charge is -2.24. The maximum absolute atomic E-state index is 12.7. The van der Waals surface area contributed by atoms with Gasteiger partial charge in [0.1, 0.15) is 0 Å². The quantitative estimate of drug-likeness (QED) is 0.265. The molecule has 10 heteroatoms. The molecule has 1 aliphatic heterocycles. The van der Waals surface area contributed by atoms with Crippen LogP contribution in [0.3, 0.4) is 0 Å². The highest BCUT2D eigenvalue weighted by Crippen LogP contribution is 2.49. The van der Waals surface area contributed by atoms with Crippen molar-refractivity contribution >= 4 is 17.7 Å². The average Bonchev–Trinajstić information content (AvgIpc) is 2.76. The summed E-state index contributed by atoms with van der Waals surface area (Å²) < 4.78 is 64.9. The van der Waals surface area contributed by atoms with Crippen LogP contribution in [0.4, 0.5) is 0 Å². The van der Waals surface area contributed by atoms with Gasteiger partial charge in [0.25, 0.3) is 10.1 Å². The zero-order valence-electron chi connectivity index (χ0n) is 19.1. The Morgan fingerprint density at radius 3 is 2.44 bits per heavy atom. The smallest absolute Gasteiger partial charge is 0.353 e. The molecule has 0 N–H and O–H groups in total. The van der Waals surface area contributed by atoms with Crippen LogP contribution in [0.5, 0.6) is 0 Å². The van der Waals surface area contributed by atoms with Crippen LogP contribution in [0.15, 0.2) is 41.1 Å². The van der Waals surface area contributed by atoms with Crippen LogP contribution in [-0.4, -0.2) is 47.7 Å². The van der Waals surface area contributed by atoms with Gasteiger partial charge in [0.15, 0.2) is 6.29 Å². The minimum Gasteiger partial charge on any atom is -0.353 e. The van der Waals surface area contributed by atoms with Gasteiger partial charge in [0.05, 0.1) is 31.3 Å². The third-order valence-corrected chi connectivity index (χ3v) is 7.93. The molecule has 1 fully saturated rings. The molecule has 0 bridgehead atoms. The fraction of sp³-hybridized carbons (Fsp3) is 0.636. The van der Waals surface area contributed by atoms with E-state index in [0.29, 0.717) is 13.0 Å². The number of ether oxygens (including phenoxy) is 2. The molecular weight excluding hydrogens is 455 g/mol. The second kappa shape index (κ2) is 13.6. The van der Waals surface area contributed by atoms with Crippen molar-refractivity contribution in [2.24, 2.45) is 5.92 Å². The minimum atomic E-state index is -3.86. The van der Waals surface area contributed by atoms with E-state index >= 15 is 0 Å². The molecule has 0 saturated carbocycles. The zero-order chi connectivity index (χ0) is 23.5. The summed E-state index contributed by atoms with van der Waals surface area (Å²) in [5.74, 6) is 1.16. The maximum atomic E-state index is 12.7. The molecule has 0 amide bonds. The van der Waals surface area contributed by atoms with Crippen LogP contribution in [0, 0.1) is 12.8 Å². The normalized spacial score (nSPS) is 18.8. The van der Waals surface area contributed by atoms with Gasteiger partial charge in [-0.05, 0) is 58.6 Å². The highest BCUT2D eigenvalue weighted by Gasteiger charge is 2.22. The molecule has 1 aromatic rings. The van der Waals surface area contributed by atoms with Crippen LogP contribution in [0.25, 0.3) is 0 Å². The lowest BCUT2D eigenvalue weighted by molar-refractivity contribution is -0.167. The van der Waals surface area contributed by atoms with E-state index in [-0.39, 0.29) is 43.5 Å². The number of benzene rings is 1. The molecule has 0 unspecified atom stereocenters. The molecule has 2 rings (SSSR count). The largest absolute Gasteiger partial charge is 0.353 e. The first kappa shape index (κ1) is 27.2. The van der Waals surface area contributed by atoms with E-state index in [4.69, 9.17) is 22.7 Å². The summed E-state index contributed by atoms with van der Waals surface area (Å²) in [6.07, 6.45) is 4.60. The van der Waals surface area contributed by atoms with Gasteiger partial charge in [-0.15, -0.1) is 0 Å². The third kappa shape index (κ3) is 9.43. The van der Waals surface area contributed by atoms with Crippen molar-refractivity contribution in [3.63, 3.8) is 0 Å².